The number of ether oxygens (including phenoxy) is 1. The molecule has 0 bridgehead atoms. The largest absolute Gasteiger partial charge is 0.397 e. The van der Waals surface area contributed by atoms with Crippen LogP contribution in [0.3, 0.4) is 0 Å². The Labute approximate surface area is 125 Å². The van der Waals surface area contributed by atoms with E-state index >= 15 is 0 Å². The number of unbranched alkanes of at least 4 members (excludes halogenated alkanes) is 3. The number of carbonyl (C=O) groups is 1. The van der Waals surface area contributed by atoms with Crippen LogP contribution >= 0.6 is 11.6 Å². The zero-order chi connectivity index (χ0) is 14.8. The number of nitrogens with one attached hydrogen (secondary N) is 1. The second-order valence-corrected chi connectivity index (χ2v) is 5.11. The van der Waals surface area contributed by atoms with Crippen molar-refractivity contribution in [2.45, 2.75) is 39.0 Å². The summed E-state index contributed by atoms with van der Waals surface area (Å²) in [5, 5.41) is 3.25. The highest BCUT2D eigenvalue weighted by atomic mass is 35.5. The molecule has 0 atom stereocenters. The van der Waals surface area contributed by atoms with Crippen LogP contribution in [0.4, 0.5) is 11.4 Å². The first-order chi connectivity index (χ1) is 9.63. The van der Waals surface area contributed by atoms with Crippen LogP contribution in [0.1, 0.15) is 39.0 Å². The zero-order valence-electron chi connectivity index (χ0n) is 12.0. The van der Waals surface area contributed by atoms with E-state index in [4.69, 9.17) is 22.1 Å². The van der Waals surface area contributed by atoms with Gasteiger partial charge in [0.2, 0.25) is 5.91 Å². The van der Waals surface area contributed by atoms with E-state index < -0.39 is 0 Å². The number of hydrogen-bond acceptors (Lipinski definition) is 3. The first kappa shape index (κ1) is 16.8. The van der Waals surface area contributed by atoms with E-state index in [1.807, 2.05) is 0 Å². The number of benzene rings is 1. The van der Waals surface area contributed by atoms with Gasteiger partial charge in [-0.3, -0.25) is 4.79 Å². The molecule has 0 heterocycles. The Morgan fingerprint density at radius 3 is 2.80 bits per heavy atom. The van der Waals surface area contributed by atoms with Gasteiger partial charge in [-0.25, -0.2) is 0 Å². The molecule has 3 N–H and O–H groups in total. The standard InChI is InChI=1S/C15H23ClN2O2/c1-2-3-4-5-9-20-10-8-15(19)18-12-6-7-13(16)14(17)11-12/h6-7,11H,2-5,8-10,17H2,1H3,(H,18,19). The molecule has 0 spiro atoms. The molecule has 0 aliphatic carbocycles. The van der Waals surface area contributed by atoms with Crippen molar-refractivity contribution in [3.8, 4) is 0 Å². The molecule has 1 amide bonds. The maximum Gasteiger partial charge on any atom is 0.226 e. The van der Waals surface area contributed by atoms with E-state index in [1.54, 1.807) is 18.2 Å². The molecule has 0 aromatic heterocycles. The summed E-state index contributed by atoms with van der Waals surface area (Å²) in [7, 11) is 0. The average molecular weight is 299 g/mol. The molecule has 1 aromatic carbocycles. The Bertz CT molecular complexity index is 424. The van der Waals surface area contributed by atoms with Gasteiger partial charge in [0.25, 0.3) is 0 Å². The highest BCUT2D eigenvalue weighted by molar-refractivity contribution is 6.33. The molecular formula is C15H23ClN2O2. The molecule has 0 unspecified atom stereocenters. The normalized spacial score (nSPS) is 10.5. The predicted molar refractivity (Wildman–Crippen MR) is 84.1 cm³/mol. The number of anilines is 2. The van der Waals surface area contributed by atoms with Crippen LogP contribution in [0.15, 0.2) is 18.2 Å². The molecule has 0 saturated heterocycles. The van der Waals surface area contributed by atoms with Gasteiger partial charge in [0, 0.05) is 12.3 Å². The van der Waals surface area contributed by atoms with Gasteiger partial charge in [0.15, 0.2) is 0 Å². The van der Waals surface area contributed by atoms with Crippen molar-refractivity contribution in [2.24, 2.45) is 0 Å². The molecule has 1 rings (SSSR count). The molecule has 0 aliphatic heterocycles. The summed E-state index contributed by atoms with van der Waals surface area (Å²) < 4.78 is 5.42. The minimum absolute atomic E-state index is 0.0831. The third kappa shape index (κ3) is 6.78. The summed E-state index contributed by atoms with van der Waals surface area (Å²) in [4.78, 5) is 11.7. The molecule has 4 nitrogen and oxygen atoms in total. The molecule has 20 heavy (non-hydrogen) atoms. The van der Waals surface area contributed by atoms with Gasteiger partial charge in [-0.05, 0) is 24.6 Å². The van der Waals surface area contributed by atoms with Crippen molar-refractivity contribution >= 4 is 28.9 Å². The van der Waals surface area contributed by atoms with Crippen LogP contribution in [0.25, 0.3) is 0 Å². The highest BCUT2D eigenvalue weighted by Gasteiger charge is 2.04. The fraction of sp³-hybridized carbons (Fsp3) is 0.533. The fourth-order valence-electron chi connectivity index (χ4n) is 1.74. The lowest BCUT2D eigenvalue weighted by Crippen LogP contribution is -2.14. The van der Waals surface area contributed by atoms with Gasteiger partial charge in [0.05, 0.1) is 23.7 Å². The smallest absolute Gasteiger partial charge is 0.226 e. The van der Waals surface area contributed by atoms with Crippen molar-refractivity contribution in [2.75, 3.05) is 24.3 Å². The van der Waals surface area contributed by atoms with Crippen molar-refractivity contribution in [1.29, 1.82) is 0 Å². The Kier molecular flexibility index (Phi) is 8.07. The number of hydrogen-bond donors (Lipinski definition) is 2. The lowest BCUT2D eigenvalue weighted by Gasteiger charge is -2.07. The second kappa shape index (κ2) is 9.61. The number of amides is 1. The van der Waals surface area contributed by atoms with Gasteiger partial charge in [-0.1, -0.05) is 37.8 Å². The van der Waals surface area contributed by atoms with Crippen LogP contribution in [-0.4, -0.2) is 19.1 Å². The summed E-state index contributed by atoms with van der Waals surface area (Å²) in [6.07, 6.45) is 5.04. The van der Waals surface area contributed by atoms with Crippen LogP contribution in [0.2, 0.25) is 5.02 Å². The van der Waals surface area contributed by atoms with E-state index in [-0.39, 0.29) is 5.91 Å². The minimum Gasteiger partial charge on any atom is -0.397 e. The first-order valence-corrected chi connectivity index (χ1v) is 7.44. The lowest BCUT2D eigenvalue weighted by atomic mass is 10.2. The van der Waals surface area contributed by atoms with E-state index in [9.17, 15) is 4.79 Å². The number of nitrogens with two attached hydrogens (primary N) is 1. The van der Waals surface area contributed by atoms with E-state index in [1.165, 1.54) is 19.3 Å². The number of nitrogen functional groups attached to an aromatic ring is 1. The van der Waals surface area contributed by atoms with Gasteiger partial charge in [-0.15, -0.1) is 0 Å². The summed E-state index contributed by atoms with van der Waals surface area (Å²) in [5.41, 5.74) is 6.78. The van der Waals surface area contributed by atoms with E-state index in [0.717, 1.165) is 13.0 Å². The summed E-state index contributed by atoms with van der Waals surface area (Å²) in [6.45, 7) is 3.34. The van der Waals surface area contributed by atoms with Crippen molar-refractivity contribution in [1.82, 2.24) is 0 Å². The van der Waals surface area contributed by atoms with Gasteiger partial charge < -0.3 is 15.8 Å². The molecule has 0 fully saturated rings. The average Bonchev–Trinajstić information content (AvgIpc) is 2.42. The molecule has 0 aliphatic rings. The highest BCUT2D eigenvalue weighted by Crippen LogP contribution is 2.22. The Hall–Kier alpha value is -1.26. The van der Waals surface area contributed by atoms with Crippen molar-refractivity contribution < 1.29 is 9.53 Å². The summed E-state index contributed by atoms with van der Waals surface area (Å²) >= 11 is 5.81. The molecule has 0 saturated carbocycles. The first-order valence-electron chi connectivity index (χ1n) is 7.06. The third-order valence-electron chi connectivity index (χ3n) is 2.90. The molecular weight excluding hydrogens is 276 g/mol. The third-order valence-corrected chi connectivity index (χ3v) is 3.24. The maximum absolute atomic E-state index is 11.7. The Morgan fingerprint density at radius 2 is 2.10 bits per heavy atom. The summed E-state index contributed by atoms with van der Waals surface area (Å²) in [6, 6.07) is 5.03. The predicted octanol–water partition coefficient (Wildman–Crippen LogP) is 3.85. The molecule has 112 valence electrons. The SMILES string of the molecule is CCCCCCOCCC(=O)Nc1ccc(Cl)c(N)c1. The van der Waals surface area contributed by atoms with Gasteiger partial charge >= 0.3 is 0 Å². The minimum atomic E-state index is -0.0831. The van der Waals surface area contributed by atoms with Crippen LogP contribution < -0.4 is 11.1 Å². The Morgan fingerprint density at radius 1 is 1.30 bits per heavy atom. The van der Waals surface area contributed by atoms with Crippen molar-refractivity contribution in [3.05, 3.63) is 23.2 Å². The number of halogens is 1. The zero-order valence-corrected chi connectivity index (χ0v) is 12.7. The van der Waals surface area contributed by atoms with Crippen LogP contribution in [-0.2, 0) is 9.53 Å². The molecule has 5 heteroatoms. The molecule has 0 radical (unpaired) electrons. The number of rotatable bonds is 9. The van der Waals surface area contributed by atoms with Gasteiger partial charge in [0.1, 0.15) is 0 Å². The van der Waals surface area contributed by atoms with Crippen LogP contribution in [0.5, 0.6) is 0 Å². The topological polar surface area (TPSA) is 64.3 Å². The fourth-order valence-corrected chi connectivity index (χ4v) is 1.86. The second-order valence-electron chi connectivity index (χ2n) is 4.71. The summed E-state index contributed by atoms with van der Waals surface area (Å²) in [5.74, 6) is -0.0831. The molecule has 1 aromatic rings. The monoisotopic (exact) mass is 298 g/mol. The Balaban J connectivity index is 2.15. The van der Waals surface area contributed by atoms with Gasteiger partial charge in [-0.2, -0.15) is 0 Å². The van der Waals surface area contributed by atoms with E-state index in [2.05, 4.69) is 12.2 Å². The van der Waals surface area contributed by atoms with Crippen LogP contribution in [0, 0.1) is 0 Å². The van der Waals surface area contributed by atoms with E-state index in [0.29, 0.717) is 29.4 Å². The quantitative estimate of drug-likeness (QED) is 0.537. The number of carbonyl (C=O) groups excluding carboxylic acids is 1. The van der Waals surface area contributed by atoms with Crippen molar-refractivity contribution in [3.63, 3.8) is 0 Å². The maximum atomic E-state index is 11.7. The lowest BCUT2D eigenvalue weighted by molar-refractivity contribution is -0.117.